The van der Waals surface area contributed by atoms with Crippen LogP contribution in [0, 0.1) is 5.82 Å². The molecule has 106 valence electrons. The Labute approximate surface area is 116 Å². The monoisotopic (exact) mass is 276 g/mol. The standard InChI is InChI=1S/C14H17FN4O/c1-18-12(7-16-17-18)8-19-9-13(20)6-14(19)10-2-4-11(15)5-3-10/h2-5,7,13-14,20H,6,8-9H2,1H3/t13-,14+/m0/s1. The average molecular weight is 276 g/mol. The van der Waals surface area contributed by atoms with E-state index >= 15 is 0 Å². The van der Waals surface area contributed by atoms with E-state index in [0.717, 1.165) is 11.3 Å². The molecule has 5 nitrogen and oxygen atoms in total. The molecule has 0 bridgehead atoms. The number of aromatic nitrogens is 3. The molecule has 6 heteroatoms. The maximum absolute atomic E-state index is 13.0. The van der Waals surface area contributed by atoms with Crippen LogP contribution in [0.3, 0.4) is 0 Å². The van der Waals surface area contributed by atoms with Crippen LogP contribution >= 0.6 is 0 Å². The molecule has 0 unspecified atom stereocenters. The molecule has 1 aliphatic rings. The van der Waals surface area contributed by atoms with Crippen molar-refractivity contribution in [3.63, 3.8) is 0 Å². The number of halogens is 1. The van der Waals surface area contributed by atoms with E-state index in [9.17, 15) is 9.50 Å². The summed E-state index contributed by atoms with van der Waals surface area (Å²) in [7, 11) is 1.85. The van der Waals surface area contributed by atoms with Crippen LogP contribution in [0.1, 0.15) is 23.7 Å². The summed E-state index contributed by atoms with van der Waals surface area (Å²) in [5.74, 6) is -0.241. The normalized spacial score (nSPS) is 23.4. The topological polar surface area (TPSA) is 54.2 Å². The summed E-state index contributed by atoms with van der Waals surface area (Å²) in [6.07, 6.45) is 2.04. The second-order valence-electron chi connectivity index (χ2n) is 5.24. The molecule has 0 amide bonds. The first-order chi connectivity index (χ1) is 9.63. The number of rotatable bonds is 3. The zero-order chi connectivity index (χ0) is 14.1. The van der Waals surface area contributed by atoms with Gasteiger partial charge in [0.05, 0.1) is 18.0 Å². The first-order valence-electron chi connectivity index (χ1n) is 6.64. The van der Waals surface area contributed by atoms with E-state index < -0.39 is 0 Å². The zero-order valence-corrected chi connectivity index (χ0v) is 11.3. The van der Waals surface area contributed by atoms with Gasteiger partial charge in [-0.3, -0.25) is 9.58 Å². The summed E-state index contributed by atoms with van der Waals surface area (Å²) in [5.41, 5.74) is 2.02. The molecule has 0 spiro atoms. The fourth-order valence-corrected chi connectivity index (χ4v) is 2.75. The Morgan fingerprint density at radius 1 is 1.35 bits per heavy atom. The number of hydrogen-bond donors (Lipinski definition) is 1. The number of aliphatic hydroxyl groups excluding tert-OH is 1. The van der Waals surface area contributed by atoms with Gasteiger partial charge in [0, 0.05) is 26.2 Å². The molecule has 3 rings (SSSR count). The molecule has 1 saturated heterocycles. The van der Waals surface area contributed by atoms with Crippen molar-refractivity contribution in [2.75, 3.05) is 6.54 Å². The molecule has 2 atom stereocenters. The highest BCUT2D eigenvalue weighted by Crippen LogP contribution is 2.33. The average Bonchev–Trinajstić information content (AvgIpc) is 2.98. The predicted octanol–water partition coefficient (Wildman–Crippen LogP) is 1.26. The third-order valence-electron chi connectivity index (χ3n) is 3.81. The Hall–Kier alpha value is -1.79. The van der Waals surface area contributed by atoms with Gasteiger partial charge in [0.25, 0.3) is 0 Å². The van der Waals surface area contributed by atoms with E-state index in [-0.39, 0.29) is 18.0 Å². The lowest BCUT2D eigenvalue weighted by Gasteiger charge is -2.24. The van der Waals surface area contributed by atoms with Crippen molar-refractivity contribution in [2.45, 2.75) is 25.1 Å². The third-order valence-corrected chi connectivity index (χ3v) is 3.81. The summed E-state index contributed by atoms with van der Waals surface area (Å²) in [5, 5.41) is 17.7. The number of likely N-dealkylation sites (tertiary alicyclic amines) is 1. The fraction of sp³-hybridized carbons (Fsp3) is 0.429. The maximum Gasteiger partial charge on any atom is 0.123 e. The number of benzene rings is 1. The molecule has 20 heavy (non-hydrogen) atoms. The van der Waals surface area contributed by atoms with E-state index in [1.165, 1.54) is 12.1 Å². The summed E-state index contributed by atoms with van der Waals surface area (Å²) in [6.45, 7) is 1.27. The van der Waals surface area contributed by atoms with Crippen molar-refractivity contribution in [3.8, 4) is 0 Å². The molecule has 2 aromatic rings. The summed E-state index contributed by atoms with van der Waals surface area (Å²) < 4.78 is 14.8. The molecule has 1 aliphatic heterocycles. The Kier molecular flexibility index (Phi) is 3.50. The van der Waals surface area contributed by atoms with Crippen molar-refractivity contribution in [1.82, 2.24) is 19.9 Å². The highest BCUT2D eigenvalue weighted by Gasteiger charge is 2.32. The van der Waals surface area contributed by atoms with Crippen LogP contribution in [0.15, 0.2) is 30.5 Å². The third kappa shape index (κ3) is 2.57. The molecule has 1 aromatic heterocycles. The van der Waals surface area contributed by atoms with Crippen LogP contribution in [0.2, 0.25) is 0 Å². The molecular weight excluding hydrogens is 259 g/mol. The summed E-state index contributed by atoms with van der Waals surface area (Å²) in [6, 6.07) is 6.59. The van der Waals surface area contributed by atoms with Gasteiger partial charge in [-0.15, -0.1) is 5.10 Å². The van der Waals surface area contributed by atoms with Gasteiger partial charge in [-0.05, 0) is 24.1 Å². The van der Waals surface area contributed by atoms with Gasteiger partial charge >= 0.3 is 0 Å². The largest absolute Gasteiger partial charge is 0.392 e. The van der Waals surface area contributed by atoms with Crippen LogP contribution in [0.25, 0.3) is 0 Å². The lowest BCUT2D eigenvalue weighted by molar-refractivity contribution is 0.171. The summed E-state index contributed by atoms with van der Waals surface area (Å²) >= 11 is 0. The number of hydrogen-bond acceptors (Lipinski definition) is 4. The van der Waals surface area contributed by atoms with Crippen molar-refractivity contribution < 1.29 is 9.50 Å². The van der Waals surface area contributed by atoms with Gasteiger partial charge in [0.2, 0.25) is 0 Å². The van der Waals surface area contributed by atoms with Crippen LogP contribution in [-0.4, -0.2) is 37.6 Å². The molecule has 0 aliphatic carbocycles. The van der Waals surface area contributed by atoms with Crippen LogP contribution < -0.4 is 0 Å². The van der Waals surface area contributed by atoms with Crippen molar-refractivity contribution in [1.29, 1.82) is 0 Å². The SMILES string of the molecule is Cn1nncc1CN1C[C@@H](O)C[C@@H]1c1ccc(F)cc1. The van der Waals surface area contributed by atoms with E-state index in [4.69, 9.17) is 0 Å². The summed E-state index contributed by atoms with van der Waals surface area (Å²) in [4.78, 5) is 2.18. The molecule has 1 fully saturated rings. The van der Waals surface area contributed by atoms with Crippen LogP contribution in [0.4, 0.5) is 4.39 Å². The second kappa shape index (κ2) is 5.30. The predicted molar refractivity (Wildman–Crippen MR) is 71.2 cm³/mol. The zero-order valence-electron chi connectivity index (χ0n) is 11.3. The Bertz CT molecular complexity index is 583. The highest BCUT2D eigenvalue weighted by molar-refractivity contribution is 5.21. The lowest BCUT2D eigenvalue weighted by Crippen LogP contribution is -2.25. The van der Waals surface area contributed by atoms with Crippen molar-refractivity contribution >= 4 is 0 Å². The van der Waals surface area contributed by atoms with Crippen molar-refractivity contribution in [3.05, 3.63) is 47.5 Å². The van der Waals surface area contributed by atoms with Gasteiger partial charge in [-0.1, -0.05) is 17.3 Å². The maximum atomic E-state index is 13.0. The van der Waals surface area contributed by atoms with Gasteiger partial charge in [-0.25, -0.2) is 4.39 Å². The van der Waals surface area contributed by atoms with Crippen molar-refractivity contribution in [2.24, 2.45) is 7.05 Å². The molecule has 1 N–H and O–H groups in total. The van der Waals surface area contributed by atoms with Crippen LogP contribution in [-0.2, 0) is 13.6 Å². The van der Waals surface area contributed by atoms with Crippen LogP contribution in [0.5, 0.6) is 0 Å². The minimum absolute atomic E-state index is 0.0977. The van der Waals surface area contributed by atoms with E-state index in [1.54, 1.807) is 23.0 Å². The Morgan fingerprint density at radius 3 is 2.75 bits per heavy atom. The molecule has 2 heterocycles. The van der Waals surface area contributed by atoms with E-state index in [2.05, 4.69) is 15.2 Å². The van der Waals surface area contributed by atoms with Gasteiger partial charge < -0.3 is 5.11 Å². The van der Waals surface area contributed by atoms with Gasteiger partial charge in [-0.2, -0.15) is 0 Å². The molecule has 0 radical (unpaired) electrons. The highest BCUT2D eigenvalue weighted by atomic mass is 19.1. The lowest BCUT2D eigenvalue weighted by atomic mass is 10.0. The first kappa shape index (κ1) is 13.2. The quantitative estimate of drug-likeness (QED) is 0.917. The smallest absolute Gasteiger partial charge is 0.123 e. The Morgan fingerprint density at radius 2 is 2.10 bits per heavy atom. The number of nitrogens with zero attached hydrogens (tertiary/aromatic N) is 4. The Balaban J connectivity index is 1.81. The first-order valence-corrected chi connectivity index (χ1v) is 6.64. The molecule has 0 saturated carbocycles. The number of aryl methyl sites for hydroxylation is 1. The number of aliphatic hydroxyl groups is 1. The van der Waals surface area contributed by atoms with E-state index in [0.29, 0.717) is 19.5 Å². The minimum Gasteiger partial charge on any atom is -0.392 e. The molecular formula is C14H17FN4O. The number of β-amino-alcohol motifs (C(OH)–C–C–N with tert-alkyl or cyclic N) is 1. The van der Waals surface area contributed by atoms with Gasteiger partial charge in [0.15, 0.2) is 0 Å². The van der Waals surface area contributed by atoms with E-state index in [1.807, 2.05) is 7.05 Å². The van der Waals surface area contributed by atoms with Gasteiger partial charge in [0.1, 0.15) is 5.82 Å². The minimum atomic E-state index is -0.355. The molecule has 1 aromatic carbocycles. The fourth-order valence-electron chi connectivity index (χ4n) is 2.75. The second-order valence-corrected chi connectivity index (χ2v) is 5.24.